The van der Waals surface area contributed by atoms with E-state index in [1.165, 1.54) is 0 Å². The number of benzene rings is 2. The van der Waals surface area contributed by atoms with Crippen LogP contribution in [0.4, 0.5) is 20.2 Å². The van der Waals surface area contributed by atoms with Crippen molar-refractivity contribution >= 4 is 34.6 Å². The van der Waals surface area contributed by atoms with Gasteiger partial charge in [-0.25, -0.2) is 8.78 Å². The fraction of sp³-hybridized carbons (Fsp3) is 0.0769. The van der Waals surface area contributed by atoms with Crippen LogP contribution in [0.2, 0.25) is 10.0 Å². The minimum absolute atomic E-state index is 0.0411. The number of anilines is 1. The lowest BCUT2D eigenvalue weighted by atomic mass is 10.2. The average Bonchev–Trinajstić information content (AvgIpc) is 2.44. The van der Waals surface area contributed by atoms with Crippen molar-refractivity contribution in [2.75, 3.05) is 5.32 Å². The summed E-state index contributed by atoms with van der Waals surface area (Å²) in [6.45, 7) is -0.0411. The Morgan fingerprint density at radius 1 is 1.19 bits per heavy atom. The van der Waals surface area contributed by atoms with Gasteiger partial charge in [0.1, 0.15) is 0 Å². The first-order valence-electron chi connectivity index (χ1n) is 5.71. The molecule has 0 radical (unpaired) electrons. The van der Waals surface area contributed by atoms with Crippen LogP contribution in [0.5, 0.6) is 0 Å². The second-order valence-corrected chi connectivity index (χ2v) is 4.86. The van der Waals surface area contributed by atoms with Crippen LogP contribution in [0.3, 0.4) is 0 Å². The maximum absolute atomic E-state index is 13.7. The molecule has 2 aromatic carbocycles. The highest BCUT2D eigenvalue weighted by molar-refractivity contribution is 6.42. The van der Waals surface area contributed by atoms with E-state index < -0.39 is 27.9 Å². The number of nitrogens with one attached hydrogen (secondary N) is 1. The zero-order valence-corrected chi connectivity index (χ0v) is 11.9. The smallest absolute Gasteiger partial charge is 0.295 e. The van der Waals surface area contributed by atoms with Gasteiger partial charge in [0.05, 0.1) is 15.0 Å². The summed E-state index contributed by atoms with van der Waals surface area (Å²) in [6, 6.07) is 6.40. The summed E-state index contributed by atoms with van der Waals surface area (Å²) in [5, 5.41) is 13.9. The molecule has 2 rings (SSSR count). The first kappa shape index (κ1) is 15.5. The third-order valence-electron chi connectivity index (χ3n) is 2.76. The zero-order valence-electron chi connectivity index (χ0n) is 10.4. The van der Waals surface area contributed by atoms with Crippen molar-refractivity contribution in [3.63, 3.8) is 0 Å². The molecule has 0 amide bonds. The van der Waals surface area contributed by atoms with Crippen LogP contribution in [0.25, 0.3) is 0 Å². The topological polar surface area (TPSA) is 55.2 Å². The highest BCUT2D eigenvalue weighted by atomic mass is 35.5. The van der Waals surface area contributed by atoms with Crippen molar-refractivity contribution in [3.05, 3.63) is 67.7 Å². The van der Waals surface area contributed by atoms with Gasteiger partial charge < -0.3 is 5.32 Å². The largest absolute Gasteiger partial charge is 0.373 e. The summed E-state index contributed by atoms with van der Waals surface area (Å²) in [5.41, 5.74) is -0.592. The molecule has 0 fully saturated rings. The Kier molecular flexibility index (Phi) is 4.59. The van der Waals surface area contributed by atoms with Crippen LogP contribution in [0.15, 0.2) is 30.3 Å². The highest BCUT2D eigenvalue weighted by Crippen LogP contribution is 2.31. The molecule has 0 unspecified atom stereocenters. The van der Waals surface area contributed by atoms with Gasteiger partial charge >= 0.3 is 0 Å². The van der Waals surface area contributed by atoms with E-state index in [0.717, 1.165) is 6.07 Å². The molecule has 4 nitrogen and oxygen atoms in total. The van der Waals surface area contributed by atoms with Gasteiger partial charge in [0.15, 0.2) is 17.3 Å². The van der Waals surface area contributed by atoms with Crippen molar-refractivity contribution in [1.82, 2.24) is 0 Å². The Labute approximate surface area is 128 Å². The van der Waals surface area contributed by atoms with Crippen LogP contribution in [-0.4, -0.2) is 4.92 Å². The maximum Gasteiger partial charge on any atom is 0.295 e. The summed E-state index contributed by atoms with van der Waals surface area (Å²) < 4.78 is 26.9. The minimum atomic E-state index is -1.32. The normalized spacial score (nSPS) is 10.5. The van der Waals surface area contributed by atoms with Gasteiger partial charge in [0.25, 0.3) is 5.69 Å². The summed E-state index contributed by atoms with van der Waals surface area (Å²) >= 11 is 11.8. The molecule has 0 aliphatic rings. The zero-order chi connectivity index (χ0) is 15.6. The number of nitro benzene ring substituents is 1. The molecule has 21 heavy (non-hydrogen) atoms. The third-order valence-corrected chi connectivity index (χ3v) is 3.61. The number of rotatable bonds is 4. The molecule has 0 aromatic heterocycles. The molecule has 0 saturated carbocycles. The van der Waals surface area contributed by atoms with E-state index in [9.17, 15) is 18.9 Å². The highest BCUT2D eigenvalue weighted by Gasteiger charge is 2.21. The molecular formula is C13H8Cl2F2N2O2. The predicted molar refractivity (Wildman–Crippen MR) is 76.8 cm³/mol. The lowest BCUT2D eigenvalue weighted by molar-refractivity contribution is -0.384. The summed E-state index contributed by atoms with van der Waals surface area (Å²) in [7, 11) is 0. The molecule has 8 heteroatoms. The lowest BCUT2D eigenvalue weighted by Crippen LogP contribution is -2.06. The molecule has 1 N–H and O–H groups in total. The van der Waals surface area contributed by atoms with E-state index in [1.807, 2.05) is 0 Å². The SMILES string of the molecule is O=[N+]([O-])c1ccc(F)c(F)c1NCc1cccc(Cl)c1Cl. The van der Waals surface area contributed by atoms with Crippen molar-refractivity contribution in [3.8, 4) is 0 Å². The molecule has 0 heterocycles. The Hall–Kier alpha value is -1.92. The molecule has 0 aliphatic heterocycles. The van der Waals surface area contributed by atoms with Gasteiger partial charge in [0.2, 0.25) is 0 Å². The molecule has 0 aliphatic carbocycles. The Balaban J connectivity index is 2.33. The van der Waals surface area contributed by atoms with Crippen LogP contribution in [0, 0.1) is 21.7 Å². The Bertz CT molecular complexity index is 711. The van der Waals surface area contributed by atoms with Gasteiger partial charge in [0, 0.05) is 12.6 Å². The van der Waals surface area contributed by atoms with Crippen molar-refractivity contribution in [1.29, 1.82) is 0 Å². The van der Waals surface area contributed by atoms with E-state index in [2.05, 4.69) is 5.32 Å². The van der Waals surface area contributed by atoms with E-state index in [0.29, 0.717) is 16.7 Å². The van der Waals surface area contributed by atoms with Crippen LogP contribution in [-0.2, 0) is 6.54 Å². The fourth-order valence-corrected chi connectivity index (χ4v) is 2.12. The van der Waals surface area contributed by atoms with Crippen molar-refractivity contribution in [2.24, 2.45) is 0 Å². The third kappa shape index (κ3) is 3.22. The molecule has 0 bridgehead atoms. The minimum Gasteiger partial charge on any atom is -0.373 e. The number of nitro groups is 1. The lowest BCUT2D eigenvalue weighted by Gasteiger charge is -2.10. The molecule has 110 valence electrons. The first-order chi connectivity index (χ1) is 9.91. The van der Waals surface area contributed by atoms with Crippen molar-refractivity contribution in [2.45, 2.75) is 6.54 Å². The van der Waals surface area contributed by atoms with Gasteiger partial charge in [-0.1, -0.05) is 35.3 Å². The number of halogens is 4. The monoisotopic (exact) mass is 332 g/mol. The summed E-state index contributed by atoms with van der Waals surface area (Å²) in [6.07, 6.45) is 0. The summed E-state index contributed by atoms with van der Waals surface area (Å²) in [4.78, 5) is 10.0. The van der Waals surface area contributed by atoms with E-state index in [-0.39, 0.29) is 11.6 Å². The molecular weight excluding hydrogens is 325 g/mol. The van der Waals surface area contributed by atoms with Crippen LogP contribution < -0.4 is 5.32 Å². The van der Waals surface area contributed by atoms with Gasteiger partial charge in [-0.2, -0.15) is 0 Å². The Morgan fingerprint density at radius 3 is 2.57 bits per heavy atom. The quantitative estimate of drug-likeness (QED) is 0.646. The average molecular weight is 333 g/mol. The van der Waals surface area contributed by atoms with Crippen LogP contribution >= 0.6 is 23.2 Å². The predicted octanol–water partition coefficient (Wildman–Crippen LogP) is 4.79. The molecule has 2 aromatic rings. The molecule has 0 saturated heterocycles. The first-order valence-corrected chi connectivity index (χ1v) is 6.46. The second-order valence-electron chi connectivity index (χ2n) is 4.08. The second kappa shape index (κ2) is 6.24. The van der Waals surface area contributed by atoms with E-state index in [1.54, 1.807) is 18.2 Å². The van der Waals surface area contributed by atoms with Gasteiger partial charge in [-0.05, 0) is 17.7 Å². The van der Waals surface area contributed by atoms with Gasteiger partial charge in [-0.15, -0.1) is 0 Å². The van der Waals surface area contributed by atoms with E-state index >= 15 is 0 Å². The number of hydrogen-bond acceptors (Lipinski definition) is 3. The number of nitrogens with zero attached hydrogens (tertiary/aromatic N) is 1. The summed E-state index contributed by atoms with van der Waals surface area (Å²) in [5.74, 6) is -2.50. The van der Waals surface area contributed by atoms with E-state index in [4.69, 9.17) is 23.2 Å². The molecule has 0 spiro atoms. The standard InChI is InChI=1S/C13H8Cl2F2N2O2/c14-8-3-1-2-7(11(8)15)6-18-13-10(19(20)21)5-4-9(16)12(13)17/h1-5,18H,6H2. The van der Waals surface area contributed by atoms with Gasteiger partial charge in [-0.3, -0.25) is 10.1 Å². The Morgan fingerprint density at radius 2 is 1.90 bits per heavy atom. The van der Waals surface area contributed by atoms with Crippen molar-refractivity contribution < 1.29 is 13.7 Å². The maximum atomic E-state index is 13.7. The van der Waals surface area contributed by atoms with Crippen LogP contribution in [0.1, 0.15) is 5.56 Å². The number of hydrogen-bond donors (Lipinski definition) is 1. The fourth-order valence-electron chi connectivity index (χ4n) is 1.73. The molecule has 0 atom stereocenters.